The zero-order valence-corrected chi connectivity index (χ0v) is 11.9. The number of benzene rings is 1. The number of nitrogen functional groups attached to an aromatic ring is 1. The SMILES string of the molecule is Nc1cc([N+](=O)[O-])cc(F)c1S(=O)(=O)NCc1cncs1. The molecule has 0 saturated heterocycles. The predicted molar refractivity (Wildman–Crippen MR) is 73.6 cm³/mol. The van der Waals surface area contributed by atoms with E-state index in [1.807, 2.05) is 0 Å². The molecule has 0 aliphatic heterocycles. The van der Waals surface area contributed by atoms with E-state index >= 15 is 0 Å². The molecule has 8 nitrogen and oxygen atoms in total. The molecule has 11 heteroatoms. The number of thiazole rings is 1. The molecule has 0 aliphatic rings. The highest BCUT2D eigenvalue weighted by molar-refractivity contribution is 7.89. The summed E-state index contributed by atoms with van der Waals surface area (Å²) >= 11 is 1.22. The summed E-state index contributed by atoms with van der Waals surface area (Å²) in [6, 6.07) is 1.31. The minimum Gasteiger partial charge on any atom is -0.397 e. The number of non-ortho nitro benzene ring substituents is 1. The van der Waals surface area contributed by atoms with Crippen LogP contribution >= 0.6 is 11.3 Å². The summed E-state index contributed by atoms with van der Waals surface area (Å²) in [6.07, 6.45) is 1.46. The number of anilines is 1. The van der Waals surface area contributed by atoms with Gasteiger partial charge < -0.3 is 5.73 Å². The zero-order chi connectivity index (χ0) is 15.6. The lowest BCUT2D eigenvalue weighted by molar-refractivity contribution is -0.385. The largest absolute Gasteiger partial charge is 0.397 e. The molecule has 0 amide bonds. The van der Waals surface area contributed by atoms with E-state index in [2.05, 4.69) is 9.71 Å². The monoisotopic (exact) mass is 332 g/mol. The van der Waals surface area contributed by atoms with Gasteiger partial charge in [-0.05, 0) is 0 Å². The van der Waals surface area contributed by atoms with E-state index in [9.17, 15) is 22.9 Å². The maximum atomic E-state index is 13.8. The van der Waals surface area contributed by atoms with Gasteiger partial charge in [-0.3, -0.25) is 15.1 Å². The van der Waals surface area contributed by atoms with Gasteiger partial charge in [-0.15, -0.1) is 11.3 Å². The Hall–Kier alpha value is -2.11. The molecule has 0 spiro atoms. The van der Waals surface area contributed by atoms with Crippen LogP contribution in [0.4, 0.5) is 15.8 Å². The standard InChI is InChI=1S/C10H9FN4O4S2/c11-8-1-6(15(16)17)2-9(12)10(8)21(18,19)14-4-7-3-13-5-20-7/h1-3,5,14H,4,12H2. The van der Waals surface area contributed by atoms with Gasteiger partial charge in [-0.1, -0.05) is 0 Å². The summed E-state index contributed by atoms with van der Waals surface area (Å²) in [6.45, 7) is -0.0805. The van der Waals surface area contributed by atoms with E-state index < -0.39 is 37.0 Å². The second kappa shape index (κ2) is 5.71. The quantitative estimate of drug-likeness (QED) is 0.482. The van der Waals surface area contributed by atoms with Gasteiger partial charge >= 0.3 is 0 Å². The molecular formula is C10H9FN4O4S2. The molecule has 21 heavy (non-hydrogen) atoms. The predicted octanol–water partition coefficient (Wildman–Crippen LogP) is 1.25. The minimum atomic E-state index is -4.23. The van der Waals surface area contributed by atoms with Crippen molar-refractivity contribution in [2.75, 3.05) is 5.73 Å². The van der Waals surface area contributed by atoms with Crippen LogP contribution in [0.1, 0.15) is 4.88 Å². The summed E-state index contributed by atoms with van der Waals surface area (Å²) in [5.41, 5.74) is 5.79. The van der Waals surface area contributed by atoms with Crippen LogP contribution in [-0.4, -0.2) is 18.3 Å². The lowest BCUT2D eigenvalue weighted by Crippen LogP contribution is -2.25. The molecule has 112 valence electrons. The number of nitrogens with one attached hydrogen (secondary N) is 1. The molecule has 0 aliphatic carbocycles. The van der Waals surface area contributed by atoms with Gasteiger partial charge in [0.1, 0.15) is 4.90 Å². The second-order valence-electron chi connectivity index (χ2n) is 3.90. The first-order valence-electron chi connectivity index (χ1n) is 5.41. The third-order valence-electron chi connectivity index (χ3n) is 2.46. The molecule has 2 aromatic rings. The number of rotatable bonds is 5. The Labute approximate surface area is 122 Å². The average molecular weight is 332 g/mol. The van der Waals surface area contributed by atoms with Gasteiger partial charge in [0, 0.05) is 23.7 Å². The van der Waals surface area contributed by atoms with Crippen LogP contribution in [-0.2, 0) is 16.6 Å². The van der Waals surface area contributed by atoms with Crippen molar-refractivity contribution in [3.05, 3.63) is 44.6 Å². The lowest BCUT2D eigenvalue weighted by Gasteiger charge is -2.09. The maximum absolute atomic E-state index is 13.8. The second-order valence-corrected chi connectivity index (χ2v) is 6.57. The van der Waals surface area contributed by atoms with Gasteiger partial charge in [-0.25, -0.2) is 17.5 Å². The van der Waals surface area contributed by atoms with Crippen LogP contribution in [0.15, 0.2) is 28.7 Å². The molecule has 0 unspecified atom stereocenters. The molecule has 0 atom stereocenters. The Kier molecular flexibility index (Phi) is 4.16. The van der Waals surface area contributed by atoms with Gasteiger partial charge in [0.05, 0.1) is 22.2 Å². The van der Waals surface area contributed by atoms with Crippen molar-refractivity contribution in [2.24, 2.45) is 0 Å². The number of nitro benzene ring substituents is 1. The van der Waals surface area contributed by atoms with E-state index in [4.69, 9.17) is 5.73 Å². The van der Waals surface area contributed by atoms with Gasteiger partial charge in [-0.2, -0.15) is 0 Å². The number of nitrogens with zero attached hydrogens (tertiary/aromatic N) is 2. The van der Waals surface area contributed by atoms with Gasteiger partial charge in [0.15, 0.2) is 5.82 Å². The number of nitro groups is 1. The minimum absolute atomic E-state index is 0.0805. The fraction of sp³-hybridized carbons (Fsp3) is 0.100. The highest BCUT2D eigenvalue weighted by Crippen LogP contribution is 2.27. The first-order chi connectivity index (χ1) is 9.81. The molecule has 0 radical (unpaired) electrons. The summed E-state index contributed by atoms with van der Waals surface area (Å²) in [4.78, 5) is 13.3. The summed E-state index contributed by atoms with van der Waals surface area (Å²) in [5, 5.41) is 10.6. The van der Waals surface area contributed by atoms with E-state index in [0.717, 1.165) is 6.07 Å². The number of aromatic nitrogens is 1. The Balaban J connectivity index is 2.33. The Morgan fingerprint density at radius 3 is 2.71 bits per heavy atom. The number of nitrogens with two attached hydrogens (primary N) is 1. The summed E-state index contributed by atoms with van der Waals surface area (Å²) in [7, 11) is -4.23. The van der Waals surface area contributed by atoms with E-state index in [1.54, 1.807) is 0 Å². The first-order valence-corrected chi connectivity index (χ1v) is 7.78. The highest BCUT2D eigenvalue weighted by Gasteiger charge is 2.25. The Morgan fingerprint density at radius 2 is 2.19 bits per heavy atom. The van der Waals surface area contributed by atoms with E-state index in [1.165, 1.54) is 23.0 Å². The van der Waals surface area contributed by atoms with E-state index in [-0.39, 0.29) is 6.54 Å². The molecule has 3 N–H and O–H groups in total. The van der Waals surface area contributed by atoms with Gasteiger partial charge in [0.2, 0.25) is 10.0 Å². The number of hydrogen-bond donors (Lipinski definition) is 2. The van der Waals surface area contributed by atoms with Crippen LogP contribution in [0.25, 0.3) is 0 Å². The fourth-order valence-electron chi connectivity index (χ4n) is 1.56. The van der Waals surface area contributed by atoms with Crippen molar-refractivity contribution in [3.63, 3.8) is 0 Å². The lowest BCUT2D eigenvalue weighted by atomic mass is 10.3. The zero-order valence-electron chi connectivity index (χ0n) is 10.3. The molecule has 0 bridgehead atoms. The Morgan fingerprint density at radius 1 is 1.48 bits per heavy atom. The van der Waals surface area contributed by atoms with Crippen molar-refractivity contribution < 1.29 is 17.7 Å². The van der Waals surface area contributed by atoms with Crippen LogP contribution in [0.2, 0.25) is 0 Å². The summed E-state index contributed by atoms with van der Waals surface area (Å²) < 4.78 is 40.0. The third kappa shape index (κ3) is 3.32. The topological polar surface area (TPSA) is 128 Å². The number of sulfonamides is 1. The average Bonchev–Trinajstić information content (AvgIpc) is 2.88. The van der Waals surface area contributed by atoms with Crippen LogP contribution < -0.4 is 10.5 Å². The molecule has 1 heterocycles. The van der Waals surface area contributed by atoms with Crippen LogP contribution in [0, 0.1) is 15.9 Å². The fourth-order valence-corrected chi connectivity index (χ4v) is 3.36. The smallest absolute Gasteiger partial charge is 0.274 e. The molecule has 0 fully saturated rings. The number of halogens is 1. The van der Waals surface area contributed by atoms with Crippen molar-refractivity contribution in [1.29, 1.82) is 0 Å². The van der Waals surface area contributed by atoms with Crippen molar-refractivity contribution in [1.82, 2.24) is 9.71 Å². The highest BCUT2D eigenvalue weighted by atomic mass is 32.2. The molecule has 1 aromatic carbocycles. The molecular weight excluding hydrogens is 323 g/mol. The first kappa shape index (κ1) is 15.3. The van der Waals surface area contributed by atoms with Crippen molar-refractivity contribution >= 4 is 32.7 Å². The van der Waals surface area contributed by atoms with Crippen LogP contribution in [0.3, 0.4) is 0 Å². The summed E-state index contributed by atoms with van der Waals surface area (Å²) in [5.74, 6) is -1.28. The number of hydrogen-bond acceptors (Lipinski definition) is 7. The normalized spacial score (nSPS) is 11.5. The molecule has 1 aromatic heterocycles. The van der Waals surface area contributed by atoms with Crippen LogP contribution in [0.5, 0.6) is 0 Å². The third-order valence-corrected chi connectivity index (χ3v) is 4.73. The Bertz CT molecular complexity index is 753. The van der Waals surface area contributed by atoms with Gasteiger partial charge in [0.25, 0.3) is 5.69 Å². The molecule has 2 rings (SSSR count). The van der Waals surface area contributed by atoms with E-state index in [0.29, 0.717) is 10.9 Å². The van der Waals surface area contributed by atoms with Crippen molar-refractivity contribution in [3.8, 4) is 0 Å². The molecule has 0 saturated carbocycles. The van der Waals surface area contributed by atoms with Crippen molar-refractivity contribution in [2.45, 2.75) is 11.4 Å². The maximum Gasteiger partial charge on any atom is 0.274 e.